The van der Waals surface area contributed by atoms with Gasteiger partial charge < -0.3 is 15.1 Å². The van der Waals surface area contributed by atoms with Gasteiger partial charge in [0.2, 0.25) is 5.91 Å². The molecule has 25 heavy (non-hydrogen) atoms. The summed E-state index contributed by atoms with van der Waals surface area (Å²) in [6.07, 6.45) is 2.23. The molecule has 0 bridgehead atoms. The fourth-order valence-corrected chi connectivity index (χ4v) is 3.07. The summed E-state index contributed by atoms with van der Waals surface area (Å²) in [7, 11) is 3.40. The molecule has 2 aromatic rings. The number of nitrogens with zero attached hydrogens (tertiary/aromatic N) is 3. The highest BCUT2D eigenvalue weighted by Crippen LogP contribution is 2.28. The molecule has 1 aliphatic rings. The predicted octanol–water partition coefficient (Wildman–Crippen LogP) is 2.39. The van der Waals surface area contributed by atoms with E-state index in [0.717, 1.165) is 5.69 Å². The number of amides is 2. The molecule has 1 saturated heterocycles. The maximum absolute atomic E-state index is 12.8. The summed E-state index contributed by atoms with van der Waals surface area (Å²) >= 11 is 0. The van der Waals surface area contributed by atoms with Crippen LogP contribution in [0.3, 0.4) is 0 Å². The third-order valence-electron chi connectivity index (χ3n) is 4.33. The fourth-order valence-electron chi connectivity index (χ4n) is 3.07. The SMILES string of the molecule is CC1CC(Nc2ccc(C(=O)N(C)C)cn2)C(=O)N1c1ccccc1. The van der Waals surface area contributed by atoms with E-state index in [-0.39, 0.29) is 23.9 Å². The van der Waals surface area contributed by atoms with E-state index in [4.69, 9.17) is 0 Å². The van der Waals surface area contributed by atoms with E-state index in [1.807, 2.05) is 42.2 Å². The summed E-state index contributed by atoms with van der Waals surface area (Å²) in [6, 6.07) is 12.9. The van der Waals surface area contributed by atoms with Crippen molar-refractivity contribution in [3.05, 3.63) is 54.2 Å². The lowest BCUT2D eigenvalue weighted by Crippen LogP contribution is -2.35. The Bertz CT molecular complexity index is 759. The minimum absolute atomic E-state index is 0.0361. The van der Waals surface area contributed by atoms with E-state index in [1.165, 1.54) is 11.1 Å². The Labute approximate surface area is 147 Å². The van der Waals surface area contributed by atoms with Gasteiger partial charge in [0, 0.05) is 32.0 Å². The molecule has 6 heteroatoms. The minimum atomic E-state index is -0.321. The number of carbonyl (C=O) groups is 2. The van der Waals surface area contributed by atoms with Crippen LogP contribution in [0, 0.1) is 0 Å². The van der Waals surface area contributed by atoms with Crippen molar-refractivity contribution in [2.24, 2.45) is 0 Å². The maximum atomic E-state index is 12.8. The lowest BCUT2D eigenvalue weighted by atomic mass is 10.2. The molecular weight excluding hydrogens is 316 g/mol. The first-order valence-electron chi connectivity index (χ1n) is 8.29. The number of hydrogen-bond acceptors (Lipinski definition) is 4. The molecule has 1 N–H and O–H groups in total. The maximum Gasteiger partial charge on any atom is 0.254 e. The van der Waals surface area contributed by atoms with Crippen molar-refractivity contribution in [2.75, 3.05) is 24.3 Å². The van der Waals surface area contributed by atoms with Gasteiger partial charge in [-0.25, -0.2) is 4.98 Å². The summed E-state index contributed by atoms with van der Waals surface area (Å²) in [5, 5.41) is 3.19. The van der Waals surface area contributed by atoms with E-state index in [2.05, 4.69) is 10.3 Å². The molecule has 1 fully saturated rings. The minimum Gasteiger partial charge on any atom is -0.358 e. The normalized spacial score (nSPS) is 19.8. The lowest BCUT2D eigenvalue weighted by molar-refractivity contribution is -0.117. The highest BCUT2D eigenvalue weighted by atomic mass is 16.2. The molecule has 1 aromatic carbocycles. The van der Waals surface area contributed by atoms with Crippen LogP contribution in [0.5, 0.6) is 0 Å². The van der Waals surface area contributed by atoms with Crippen LogP contribution < -0.4 is 10.2 Å². The van der Waals surface area contributed by atoms with Gasteiger partial charge in [-0.2, -0.15) is 0 Å². The number of hydrogen-bond donors (Lipinski definition) is 1. The van der Waals surface area contributed by atoms with Gasteiger partial charge >= 0.3 is 0 Å². The van der Waals surface area contributed by atoms with Crippen molar-refractivity contribution < 1.29 is 9.59 Å². The van der Waals surface area contributed by atoms with Crippen LogP contribution in [-0.2, 0) is 4.79 Å². The second-order valence-electron chi connectivity index (χ2n) is 6.46. The lowest BCUT2D eigenvalue weighted by Gasteiger charge is -2.21. The fraction of sp³-hybridized carbons (Fsp3) is 0.316. The molecule has 3 rings (SSSR count). The summed E-state index contributed by atoms with van der Waals surface area (Å²) < 4.78 is 0. The average molecular weight is 338 g/mol. The number of aromatic nitrogens is 1. The Morgan fingerprint density at radius 2 is 1.92 bits per heavy atom. The number of pyridine rings is 1. The largest absolute Gasteiger partial charge is 0.358 e. The van der Waals surface area contributed by atoms with Crippen LogP contribution in [-0.4, -0.2) is 47.9 Å². The van der Waals surface area contributed by atoms with Gasteiger partial charge in [-0.1, -0.05) is 18.2 Å². The first kappa shape index (κ1) is 17.0. The predicted molar refractivity (Wildman–Crippen MR) is 97.7 cm³/mol. The molecule has 1 aliphatic heterocycles. The number of rotatable bonds is 4. The van der Waals surface area contributed by atoms with Gasteiger partial charge in [0.15, 0.2) is 0 Å². The van der Waals surface area contributed by atoms with Crippen LogP contribution in [0.4, 0.5) is 11.5 Å². The smallest absolute Gasteiger partial charge is 0.254 e. The Kier molecular flexibility index (Phi) is 4.70. The zero-order valence-corrected chi connectivity index (χ0v) is 14.6. The number of anilines is 2. The third-order valence-corrected chi connectivity index (χ3v) is 4.33. The van der Waals surface area contributed by atoms with Crippen LogP contribution in [0.2, 0.25) is 0 Å². The van der Waals surface area contributed by atoms with Crippen LogP contribution in [0.25, 0.3) is 0 Å². The second kappa shape index (κ2) is 6.93. The van der Waals surface area contributed by atoms with Gasteiger partial charge in [-0.3, -0.25) is 9.59 Å². The van der Waals surface area contributed by atoms with Crippen LogP contribution in [0.1, 0.15) is 23.7 Å². The van der Waals surface area contributed by atoms with Crippen LogP contribution >= 0.6 is 0 Å². The summed E-state index contributed by atoms with van der Waals surface area (Å²) in [5.41, 5.74) is 1.43. The summed E-state index contributed by atoms with van der Waals surface area (Å²) in [5.74, 6) is 0.532. The summed E-state index contributed by atoms with van der Waals surface area (Å²) in [4.78, 5) is 32.3. The molecule has 0 radical (unpaired) electrons. The Hall–Kier alpha value is -2.89. The highest BCUT2D eigenvalue weighted by Gasteiger charge is 2.38. The Balaban J connectivity index is 1.71. The van der Waals surface area contributed by atoms with E-state index >= 15 is 0 Å². The number of para-hydroxylation sites is 1. The number of benzene rings is 1. The van der Waals surface area contributed by atoms with E-state index in [0.29, 0.717) is 17.8 Å². The number of carbonyl (C=O) groups excluding carboxylic acids is 2. The monoisotopic (exact) mass is 338 g/mol. The Morgan fingerprint density at radius 1 is 1.20 bits per heavy atom. The highest BCUT2D eigenvalue weighted by molar-refractivity contribution is 6.01. The van der Waals surface area contributed by atoms with Crippen LogP contribution in [0.15, 0.2) is 48.7 Å². The molecule has 0 spiro atoms. The molecule has 0 aliphatic carbocycles. The van der Waals surface area contributed by atoms with E-state index in [1.54, 1.807) is 26.2 Å². The quantitative estimate of drug-likeness (QED) is 0.930. The standard InChI is InChI=1S/C19H22N4O2/c1-13-11-16(19(25)23(13)15-7-5-4-6-8-15)21-17-10-9-14(12-20-17)18(24)22(2)3/h4-10,12-13,16H,11H2,1-3H3,(H,20,21). The molecule has 2 amide bonds. The molecule has 1 aromatic heterocycles. The molecule has 6 nitrogen and oxygen atoms in total. The third kappa shape index (κ3) is 3.47. The van der Waals surface area contributed by atoms with Crippen molar-refractivity contribution in [3.63, 3.8) is 0 Å². The average Bonchev–Trinajstić information content (AvgIpc) is 2.89. The van der Waals surface area contributed by atoms with Gasteiger partial charge in [-0.15, -0.1) is 0 Å². The summed E-state index contributed by atoms with van der Waals surface area (Å²) in [6.45, 7) is 2.04. The van der Waals surface area contributed by atoms with Crippen molar-refractivity contribution in [1.82, 2.24) is 9.88 Å². The van der Waals surface area contributed by atoms with Gasteiger partial charge in [0.25, 0.3) is 5.91 Å². The van der Waals surface area contributed by atoms with Crippen molar-refractivity contribution in [1.29, 1.82) is 0 Å². The van der Waals surface area contributed by atoms with E-state index in [9.17, 15) is 9.59 Å². The molecule has 2 unspecified atom stereocenters. The van der Waals surface area contributed by atoms with Crippen molar-refractivity contribution in [3.8, 4) is 0 Å². The zero-order chi connectivity index (χ0) is 18.0. The molecule has 2 heterocycles. The molecule has 2 atom stereocenters. The van der Waals surface area contributed by atoms with Gasteiger partial charge in [-0.05, 0) is 37.6 Å². The molecule has 0 saturated carbocycles. The topological polar surface area (TPSA) is 65.5 Å². The van der Waals surface area contributed by atoms with E-state index < -0.39 is 0 Å². The van der Waals surface area contributed by atoms with Crippen molar-refractivity contribution in [2.45, 2.75) is 25.4 Å². The first-order valence-corrected chi connectivity index (χ1v) is 8.29. The number of nitrogens with one attached hydrogen (secondary N) is 1. The zero-order valence-electron chi connectivity index (χ0n) is 14.6. The first-order chi connectivity index (χ1) is 12.0. The molecule has 130 valence electrons. The van der Waals surface area contributed by atoms with Crippen molar-refractivity contribution >= 4 is 23.3 Å². The second-order valence-corrected chi connectivity index (χ2v) is 6.46. The van der Waals surface area contributed by atoms with Gasteiger partial charge in [0.05, 0.1) is 5.56 Å². The molecular formula is C19H22N4O2. The van der Waals surface area contributed by atoms with Gasteiger partial charge in [0.1, 0.15) is 11.9 Å². The Morgan fingerprint density at radius 3 is 2.52 bits per heavy atom.